The van der Waals surface area contributed by atoms with E-state index in [4.69, 9.17) is 11.6 Å². The van der Waals surface area contributed by atoms with Crippen molar-refractivity contribution < 1.29 is 14.4 Å². The number of benzene rings is 1. The summed E-state index contributed by atoms with van der Waals surface area (Å²) in [4.78, 5) is 37.5. The van der Waals surface area contributed by atoms with Gasteiger partial charge in [0.15, 0.2) is 0 Å². The molecule has 3 rings (SSSR count). The predicted octanol–water partition coefficient (Wildman–Crippen LogP) is 2.73. The van der Waals surface area contributed by atoms with Crippen LogP contribution in [0.1, 0.15) is 49.7 Å². The Labute approximate surface area is 158 Å². The zero-order valence-electron chi connectivity index (χ0n) is 15.1. The van der Waals surface area contributed by atoms with Gasteiger partial charge in [-0.15, -0.1) is 0 Å². The number of amides is 4. The van der Waals surface area contributed by atoms with Gasteiger partial charge in [-0.2, -0.15) is 0 Å². The lowest BCUT2D eigenvalue weighted by atomic mass is 9.88. The van der Waals surface area contributed by atoms with Crippen LogP contribution in [-0.4, -0.2) is 41.4 Å². The van der Waals surface area contributed by atoms with Crippen molar-refractivity contribution in [2.45, 2.75) is 51.0 Å². The molecule has 26 heavy (non-hydrogen) atoms. The first-order valence-corrected chi connectivity index (χ1v) is 9.34. The van der Waals surface area contributed by atoms with E-state index in [9.17, 15) is 14.4 Å². The van der Waals surface area contributed by atoms with Gasteiger partial charge in [-0.05, 0) is 56.2 Å². The summed E-state index contributed by atoms with van der Waals surface area (Å²) in [6, 6.07) is 5.64. The predicted molar refractivity (Wildman–Crippen MR) is 99.1 cm³/mol. The van der Waals surface area contributed by atoms with Crippen LogP contribution in [0.5, 0.6) is 0 Å². The Morgan fingerprint density at radius 2 is 2.00 bits per heavy atom. The molecule has 0 radical (unpaired) electrons. The highest BCUT2D eigenvalue weighted by atomic mass is 35.5. The number of carbonyl (C=O) groups excluding carboxylic acids is 3. The topological polar surface area (TPSA) is 78.5 Å². The number of aryl methyl sites for hydroxylation is 1. The molecule has 2 aliphatic rings. The van der Waals surface area contributed by atoms with Crippen LogP contribution in [0.2, 0.25) is 5.02 Å². The van der Waals surface area contributed by atoms with Crippen molar-refractivity contribution in [2.24, 2.45) is 0 Å². The largest absolute Gasteiger partial charge is 0.343 e. The van der Waals surface area contributed by atoms with Gasteiger partial charge in [-0.1, -0.05) is 23.7 Å². The van der Waals surface area contributed by atoms with Crippen LogP contribution < -0.4 is 10.6 Å². The van der Waals surface area contributed by atoms with E-state index in [0.29, 0.717) is 25.4 Å². The van der Waals surface area contributed by atoms with E-state index >= 15 is 0 Å². The molecule has 1 aromatic carbocycles. The molecule has 0 aliphatic carbocycles. The van der Waals surface area contributed by atoms with Gasteiger partial charge in [0, 0.05) is 24.5 Å². The number of hydrogen-bond donors (Lipinski definition) is 2. The van der Waals surface area contributed by atoms with Crippen molar-refractivity contribution in [1.29, 1.82) is 0 Å². The van der Waals surface area contributed by atoms with Gasteiger partial charge in [0.05, 0.1) is 0 Å². The Morgan fingerprint density at radius 1 is 1.31 bits per heavy atom. The molecule has 0 bridgehead atoms. The molecule has 0 spiro atoms. The number of rotatable bonds is 4. The van der Waals surface area contributed by atoms with Crippen LogP contribution in [0.25, 0.3) is 0 Å². The summed E-state index contributed by atoms with van der Waals surface area (Å²) in [5.74, 6) is 0.102. The zero-order valence-corrected chi connectivity index (χ0v) is 15.9. The quantitative estimate of drug-likeness (QED) is 0.792. The maximum atomic E-state index is 12.5. The number of urea groups is 1. The van der Waals surface area contributed by atoms with Crippen LogP contribution in [0.3, 0.4) is 0 Å². The van der Waals surface area contributed by atoms with Crippen molar-refractivity contribution in [1.82, 2.24) is 15.5 Å². The van der Waals surface area contributed by atoms with Crippen molar-refractivity contribution in [3.05, 3.63) is 34.3 Å². The van der Waals surface area contributed by atoms with Crippen molar-refractivity contribution in [2.75, 3.05) is 13.1 Å². The molecule has 6 nitrogen and oxygen atoms in total. The monoisotopic (exact) mass is 377 g/mol. The second kappa shape index (κ2) is 7.27. The van der Waals surface area contributed by atoms with Crippen molar-refractivity contribution in [3.8, 4) is 0 Å². The van der Waals surface area contributed by atoms with E-state index < -0.39 is 11.6 Å². The van der Waals surface area contributed by atoms with Crippen molar-refractivity contribution >= 4 is 29.4 Å². The fraction of sp³-hybridized carbons (Fsp3) is 0.526. The van der Waals surface area contributed by atoms with Gasteiger partial charge < -0.3 is 10.2 Å². The van der Waals surface area contributed by atoms with E-state index in [1.54, 1.807) is 6.92 Å². The second-order valence-electron chi connectivity index (χ2n) is 7.40. The first kappa shape index (κ1) is 18.7. The second-order valence-corrected chi connectivity index (χ2v) is 7.81. The van der Waals surface area contributed by atoms with Gasteiger partial charge in [0.2, 0.25) is 5.91 Å². The highest BCUT2D eigenvalue weighted by Gasteiger charge is 2.42. The normalized spacial score (nSPS) is 23.7. The van der Waals surface area contributed by atoms with E-state index in [1.165, 1.54) is 5.56 Å². The number of nitrogens with one attached hydrogen (secondary N) is 2. The molecule has 7 heteroatoms. The minimum Gasteiger partial charge on any atom is -0.343 e. The molecule has 0 saturated carbocycles. The summed E-state index contributed by atoms with van der Waals surface area (Å²) in [6.45, 7) is 5.07. The molecular formula is C19H24ClN3O3. The first-order chi connectivity index (χ1) is 12.3. The maximum Gasteiger partial charge on any atom is 0.322 e. The van der Waals surface area contributed by atoms with E-state index in [-0.39, 0.29) is 18.2 Å². The summed E-state index contributed by atoms with van der Waals surface area (Å²) in [6.07, 6.45) is 2.39. The fourth-order valence-electron chi connectivity index (χ4n) is 3.65. The fourth-order valence-corrected chi connectivity index (χ4v) is 3.77. The molecule has 2 saturated heterocycles. The van der Waals surface area contributed by atoms with Crippen LogP contribution >= 0.6 is 11.6 Å². The molecule has 2 N–H and O–H groups in total. The lowest BCUT2D eigenvalue weighted by molar-refractivity contribution is -0.133. The smallest absolute Gasteiger partial charge is 0.322 e. The lowest BCUT2D eigenvalue weighted by Crippen LogP contribution is -2.45. The van der Waals surface area contributed by atoms with Gasteiger partial charge >= 0.3 is 6.03 Å². The number of halogens is 1. The third kappa shape index (κ3) is 3.85. The molecule has 2 aliphatic heterocycles. The van der Waals surface area contributed by atoms with Crippen molar-refractivity contribution in [3.63, 3.8) is 0 Å². The Morgan fingerprint density at radius 3 is 2.58 bits per heavy atom. The summed E-state index contributed by atoms with van der Waals surface area (Å²) in [5.41, 5.74) is 1.36. The van der Waals surface area contributed by atoms with Crippen LogP contribution in [-0.2, 0) is 9.59 Å². The van der Waals surface area contributed by atoms with Gasteiger partial charge in [-0.3, -0.25) is 14.9 Å². The first-order valence-electron chi connectivity index (χ1n) is 8.96. The highest BCUT2D eigenvalue weighted by molar-refractivity contribution is 6.31. The number of likely N-dealkylation sites (tertiary alicyclic amines) is 1. The summed E-state index contributed by atoms with van der Waals surface area (Å²) >= 11 is 6.10. The standard InChI is InChI=1S/C19H24ClN3O3/c1-12-11-14(3-4-15(12)20)13-6-9-23(10-7-13)16(24)5-8-19(2)17(25)21-18(26)22-19/h3-4,11,13H,5-10H2,1-2H3,(H2,21,22,25,26)/t19-/m1/s1. The Hall–Kier alpha value is -2.08. The summed E-state index contributed by atoms with van der Waals surface area (Å²) < 4.78 is 0. The summed E-state index contributed by atoms with van der Waals surface area (Å²) in [5, 5.41) is 5.59. The van der Waals surface area contributed by atoms with Gasteiger partial charge in [0.1, 0.15) is 5.54 Å². The van der Waals surface area contributed by atoms with E-state index in [2.05, 4.69) is 22.8 Å². The highest BCUT2D eigenvalue weighted by Crippen LogP contribution is 2.31. The number of carbonyl (C=O) groups is 3. The molecule has 4 amide bonds. The third-order valence-corrected chi connectivity index (χ3v) is 5.88. The molecule has 1 atom stereocenters. The molecular weight excluding hydrogens is 354 g/mol. The van der Waals surface area contributed by atoms with Gasteiger partial charge in [0.25, 0.3) is 5.91 Å². The number of piperidine rings is 1. The van der Waals surface area contributed by atoms with Crippen LogP contribution in [0.4, 0.5) is 4.79 Å². The molecule has 0 unspecified atom stereocenters. The number of imide groups is 1. The average molecular weight is 378 g/mol. The summed E-state index contributed by atoms with van der Waals surface area (Å²) in [7, 11) is 0. The van der Waals surface area contributed by atoms with E-state index in [0.717, 1.165) is 23.4 Å². The third-order valence-electron chi connectivity index (χ3n) is 5.46. The molecule has 0 aromatic heterocycles. The molecule has 140 valence electrons. The maximum absolute atomic E-state index is 12.5. The number of nitrogens with zero attached hydrogens (tertiary/aromatic N) is 1. The Balaban J connectivity index is 1.51. The number of hydrogen-bond acceptors (Lipinski definition) is 3. The van der Waals surface area contributed by atoms with Crippen LogP contribution in [0, 0.1) is 6.92 Å². The lowest BCUT2D eigenvalue weighted by Gasteiger charge is -2.33. The Bertz CT molecular complexity index is 744. The van der Waals surface area contributed by atoms with Crippen LogP contribution in [0.15, 0.2) is 18.2 Å². The molecule has 2 fully saturated rings. The SMILES string of the molecule is Cc1cc(C2CCN(C(=O)CC[C@@]3(C)NC(=O)NC3=O)CC2)ccc1Cl. The van der Waals surface area contributed by atoms with Gasteiger partial charge in [-0.25, -0.2) is 4.79 Å². The minimum atomic E-state index is -0.994. The minimum absolute atomic E-state index is 0.0333. The zero-order chi connectivity index (χ0) is 18.9. The molecule has 2 heterocycles. The molecule has 1 aromatic rings. The average Bonchev–Trinajstić information content (AvgIpc) is 2.87. The van der Waals surface area contributed by atoms with E-state index in [1.807, 2.05) is 17.9 Å². The Kier molecular flexibility index (Phi) is 5.23.